The normalized spacial score (nSPS) is 22.8. The van der Waals surface area contributed by atoms with Crippen molar-refractivity contribution in [3.63, 3.8) is 0 Å². The van der Waals surface area contributed by atoms with E-state index < -0.39 is 29.5 Å². The highest BCUT2D eigenvalue weighted by Gasteiger charge is 2.49. The van der Waals surface area contributed by atoms with Gasteiger partial charge < -0.3 is 14.7 Å². The Kier molecular flexibility index (Phi) is 6.77. The van der Waals surface area contributed by atoms with E-state index in [0.29, 0.717) is 55.5 Å². The topological polar surface area (TPSA) is 74.6 Å². The zero-order valence-electron chi connectivity index (χ0n) is 23.3. The molecule has 2 aromatic carbocycles. The lowest BCUT2D eigenvalue weighted by Gasteiger charge is -2.32. The zero-order chi connectivity index (χ0) is 29.9. The third kappa shape index (κ3) is 4.68. The van der Waals surface area contributed by atoms with E-state index in [0.717, 1.165) is 19.4 Å². The first-order valence-electron chi connectivity index (χ1n) is 14.5. The summed E-state index contributed by atoms with van der Waals surface area (Å²) in [5.74, 6) is 1.01. The van der Waals surface area contributed by atoms with Crippen molar-refractivity contribution in [2.24, 2.45) is 0 Å². The quantitative estimate of drug-likeness (QED) is 0.236. The fraction of sp³-hybridized carbons (Fsp3) is 0.406. The lowest BCUT2D eigenvalue weighted by Crippen LogP contribution is -2.43. The summed E-state index contributed by atoms with van der Waals surface area (Å²) in [6.07, 6.45) is 7.81. The van der Waals surface area contributed by atoms with Gasteiger partial charge in [-0.3, -0.25) is 9.88 Å². The van der Waals surface area contributed by atoms with Crippen LogP contribution in [0.1, 0.15) is 37.7 Å². The number of hydrogen-bond acceptors (Lipinski definition) is 7. The molecule has 0 saturated carbocycles. The predicted octanol–water partition coefficient (Wildman–Crippen LogP) is 5.70. The second kappa shape index (κ2) is 10.5. The van der Waals surface area contributed by atoms with E-state index in [1.165, 1.54) is 30.5 Å². The lowest BCUT2D eigenvalue weighted by molar-refractivity contribution is 0.107. The van der Waals surface area contributed by atoms with Crippen LogP contribution in [-0.4, -0.2) is 75.6 Å². The number of fused-ring (bicyclic) bond motifs is 3. The fourth-order valence-electron chi connectivity index (χ4n) is 6.98. The Balaban J connectivity index is 1.37. The van der Waals surface area contributed by atoms with Crippen LogP contribution in [0.15, 0.2) is 30.5 Å². The Labute approximate surface area is 245 Å². The second-order valence-corrected chi connectivity index (χ2v) is 11.7. The molecule has 43 heavy (non-hydrogen) atoms. The standard InChI is InChI=1S/C32H29F4N5O2/c1-2-22-25(35)5-4-18-12-21(42)13-23(26(18)22)28-27(36)29-24(15-37-28)30(40-10-6-19(33)7-11-40)39-31(38-29)43-17-32-8-3-9-41(32)16-20(34)14-32/h1,4-5,12-13,15,19-20,42H,3,6-11,14,16-17H2/t20-,32+/m1/s1. The fourth-order valence-corrected chi connectivity index (χ4v) is 6.98. The van der Waals surface area contributed by atoms with Crippen LogP contribution in [-0.2, 0) is 0 Å². The number of phenolic OH excluding ortho intramolecular Hbond substituents is 1. The van der Waals surface area contributed by atoms with Gasteiger partial charge in [0.25, 0.3) is 0 Å². The van der Waals surface area contributed by atoms with E-state index in [4.69, 9.17) is 11.2 Å². The van der Waals surface area contributed by atoms with Gasteiger partial charge in [-0.15, -0.1) is 6.42 Å². The minimum Gasteiger partial charge on any atom is -0.508 e. The van der Waals surface area contributed by atoms with Crippen LogP contribution in [0.3, 0.4) is 0 Å². The lowest BCUT2D eigenvalue weighted by atomic mass is 9.95. The van der Waals surface area contributed by atoms with Gasteiger partial charge in [0.2, 0.25) is 0 Å². The molecule has 3 saturated heterocycles. The van der Waals surface area contributed by atoms with Gasteiger partial charge >= 0.3 is 6.01 Å². The number of terminal acetylenes is 1. The van der Waals surface area contributed by atoms with Crippen LogP contribution in [0.5, 0.6) is 11.8 Å². The molecule has 11 heteroatoms. The molecule has 0 spiro atoms. The molecule has 1 N–H and O–H groups in total. The summed E-state index contributed by atoms with van der Waals surface area (Å²) in [5.41, 5.74) is -0.743. The third-order valence-electron chi connectivity index (χ3n) is 9.05. The molecule has 0 radical (unpaired) electrons. The first-order chi connectivity index (χ1) is 20.8. The third-order valence-corrected chi connectivity index (χ3v) is 9.05. The zero-order valence-corrected chi connectivity index (χ0v) is 23.3. The maximum Gasteiger partial charge on any atom is 0.319 e. The molecule has 3 aliphatic heterocycles. The van der Waals surface area contributed by atoms with E-state index in [-0.39, 0.29) is 46.1 Å². The molecule has 0 unspecified atom stereocenters. The van der Waals surface area contributed by atoms with E-state index in [1.807, 2.05) is 4.90 Å². The molecule has 222 valence electrons. The van der Waals surface area contributed by atoms with Crippen molar-refractivity contribution in [3.05, 3.63) is 47.7 Å². The van der Waals surface area contributed by atoms with Crippen LogP contribution in [0.25, 0.3) is 32.9 Å². The molecule has 0 aliphatic carbocycles. The van der Waals surface area contributed by atoms with Crippen LogP contribution in [0.2, 0.25) is 0 Å². The van der Waals surface area contributed by atoms with E-state index >= 15 is 4.39 Å². The number of alkyl halides is 2. The van der Waals surface area contributed by atoms with Crippen molar-refractivity contribution in [1.29, 1.82) is 0 Å². The Morgan fingerprint density at radius 1 is 1.09 bits per heavy atom. The predicted molar refractivity (Wildman–Crippen MR) is 155 cm³/mol. The van der Waals surface area contributed by atoms with Crippen LogP contribution in [0, 0.1) is 24.0 Å². The highest BCUT2D eigenvalue weighted by Crippen LogP contribution is 2.42. The van der Waals surface area contributed by atoms with Gasteiger partial charge in [-0.2, -0.15) is 9.97 Å². The number of ether oxygens (including phenoxy) is 1. The van der Waals surface area contributed by atoms with Crippen molar-refractivity contribution in [1.82, 2.24) is 19.9 Å². The van der Waals surface area contributed by atoms with E-state index in [9.17, 15) is 18.3 Å². The molecule has 5 heterocycles. The Hall–Kier alpha value is -4.17. The number of aromatic hydroxyl groups is 1. The molecule has 2 atom stereocenters. The molecule has 4 aromatic rings. The summed E-state index contributed by atoms with van der Waals surface area (Å²) in [5, 5.41) is 11.4. The molecular weight excluding hydrogens is 562 g/mol. The highest BCUT2D eigenvalue weighted by molar-refractivity contribution is 6.03. The molecule has 0 bridgehead atoms. The van der Waals surface area contributed by atoms with Gasteiger partial charge in [-0.05, 0) is 55.8 Å². The number of nitrogens with zero attached hydrogens (tertiary/aromatic N) is 5. The van der Waals surface area contributed by atoms with E-state index in [1.54, 1.807) is 0 Å². The van der Waals surface area contributed by atoms with Crippen LogP contribution < -0.4 is 9.64 Å². The number of pyridine rings is 1. The van der Waals surface area contributed by atoms with Crippen molar-refractivity contribution in [3.8, 4) is 35.4 Å². The SMILES string of the molecule is C#Cc1c(F)ccc2cc(O)cc(-c3ncc4c(N5CCC(F)CC5)nc(OC[C@@]56CCCN5C[C@H](F)C6)nc4c3F)c12. The number of aromatic nitrogens is 3. The molecule has 3 fully saturated rings. The van der Waals surface area contributed by atoms with Crippen molar-refractivity contribution >= 4 is 27.5 Å². The van der Waals surface area contributed by atoms with Crippen LogP contribution in [0.4, 0.5) is 23.4 Å². The van der Waals surface area contributed by atoms with Gasteiger partial charge in [0.1, 0.15) is 47.5 Å². The summed E-state index contributed by atoms with van der Waals surface area (Å²) < 4.78 is 65.8. The molecule has 0 amide bonds. The minimum absolute atomic E-state index is 0.0828. The summed E-state index contributed by atoms with van der Waals surface area (Å²) in [4.78, 5) is 17.4. The Bertz CT molecular complexity index is 1790. The smallest absolute Gasteiger partial charge is 0.319 e. The molecular formula is C32H29F4N5O2. The number of benzene rings is 2. The number of anilines is 1. The molecule has 7 nitrogen and oxygen atoms in total. The molecule has 7 rings (SSSR count). The Morgan fingerprint density at radius 2 is 1.91 bits per heavy atom. The average molecular weight is 592 g/mol. The summed E-state index contributed by atoms with van der Waals surface area (Å²) in [6, 6.07) is 5.25. The van der Waals surface area contributed by atoms with Crippen molar-refractivity contribution in [2.45, 2.75) is 50.0 Å². The minimum atomic E-state index is -0.945. The second-order valence-electron chi connectivity index (χ2n) is 11.7. The monoisotopic (exact) mass is 591 g/mol. The number of piperidine rings is 1. The van der Waals surface area contributed by atoms with E-state index in [2.05, 4.69) is 25.8 Å². The first-order valence-corrected chi connectivity index (χ1v) is 14.5. The van der Waals surface area contributed by atoms with Crippen molar-refractivity contribution in [2.75, 3.05) is 37.7 Å². The van der Waals surface area contributed by atoms with Crippen molar-refractivity contribution < 1.29 is 27.4 Å². The van der Waals surface area contributed by atoms with Gasteiger partial charge in [-0.25, -0.2) is 17.6 Å². The first kappa shape index (κ1) is 27.7. The number of rotatable bonds is 5. The molecule has 2 aromatic heterocycles. The largest absolute Gasteiger partial charge is 0.508 e. The van der Waals surface area contributed by atoms with Crippen LogP contribution >= 0.6 is 0 Å². The van der Waals surface area contributed by atoms with Gasteiger partial charge in [0.15, 0.2) is 5.82 Å². The summed E-state index contributed by atoms with van der Waals surface area (Å²) in [6.45, 7) is 2.01. The van der Waals surface area contributed by atoms with Gasteiger partial charge in [0.05, 0.1) is 16.5 Å². The molecule has 3 aliphatic rings. The number of phenols is 1. The maximum atomic E-state index is 16.6. The highest BCUT2D eigenvalue weighted by atomic mass is 19.1. The number of hydrogen-bond donors (Lipinski definition) is 1. The van der Waals surface area contributed by atoms with Gasteiger partial charge in [0, 0.05) is 43.2 Å². The summed E-state index contributed by atoms with van der Waals surface area (Å²) in [7, 11) is 0. The maximum absolute atomic E-state index is 16.6. The number of halogens is 4. The Morgan fingerprint density at radius 3 is 2.70 bits per heavy atom. The summed E-state index contributed by atoms with van der Waals surface area (Å²) >= 11 is 0. The average Bonchev–Trinajstić information content (AvgIpc) is 3.52. The van der Waals surface area contributed by atoms with Gasteiger partial charge in [-0.1, -0.05) is 12.0 Å².